The molecule has 2 saturated heterocycles. The summed E-state index contributed by atoms with van der Waals surface area (Å²) in [6.07, 6.45) is 1.57. The predicted molar refractivity (Wildman–Crippen MR) is 97.6 cm³/mol. The number of esters is 1. The number of nitrogens with one attached hydrogen (secondary N) is 1. The van der Waals surface area contributed by atoms with E-state index in [-0.39, 0.29) is 17.7 Å². The van der Waals surface area contributed by atoms with Crippen LogP contribution in [0.5, 0.6) is 0 Å². The van der Waals surface area contributed by atoms with E-state index in [0.29, 0.717) is 61.9 Å². The van der Waals surface area contributed by atoms with Crippen LogP contribution >= 0.6 is 0 Å². The molecule has 0 radical (unpaired) electrons. The van der Waals surface area contributed by atoms with Crippen LogP contribution in [0.15, 0.2) is 0 Å². The molecule has 0 aromatic carbocycles. The van der Waals surface area contributed by atoms with Gasteiger partial charge in [0.1, 0.15) is 5.69 Å². The van der Waals surface area contributed by atoms with Gasteiger partial charge in [-0.1, -0.05) is 0 Å². The highest BCUT2D eigenvalue weighted by molar-refractivity contribution is 6.00. The Labute approximate surface area is 158 Å². The molecule has 27 heavy (non-hydrogen) atoms. The van der Waals surface area contributed by atoms with Gasteiger partial charge in [0.25, 0.3) is 5.91 Å². The van der Waals surface area contributed by atoms with Crippen molar-refractivity contribution in [1.82, 2.24) is 14.8 Å². The van der Waals surface area contributed by atoms with Crippen LogP contribution in [0.3, 0.4) is 0 Å². The summed E-state index contributed by atoms with van der Waals surface area (Å²) in [6.45, 7) is 6.86. The number of amides is 2. The molecule has 1 atom stereocenters. The van der Waals surface area contributed by atoms with Gasteiger partial charge in [0, 0.05) is 31.9 Å². The molecule has 8 nitrogen and oxygen atoms in total. The number of carbonyl (C=O) groups excluding carboxylic acids is 3. The van der Waals surface area contributed by atoms with Crippen LogP contribution in [-0.2, 0) is 14.3 Å². The van der Waals surface area contributed by atoms with Gasteiger partial charge < -0.3 is 24.3 Å². The van der Waals surface area contributed by atoms with Crippen LogP contribution in [0.2, 0.25) is 0 Å². The molecule has 3 rings (SSSR count). The molecule has 2 aliphatic heterocycles. The third-order valence-electron chi connectivity index (χ3n) is 5.42. The van der Waals surface area contributed by atoms with Crippen molar-refractivity contribution < 1.29 is 23.9 Å². The molecule has 2 amide bonds. The minimum Gasteiger partial charge on any atom is -0.465 e. The van der Waals surface area contributed by atoms with Gasteiger partial charge in [-0.3, -0.25) is 9.59 Å². The largest absolute Gasteiger partial charge is 0.465 e. The molecule has 0 bridgehead atoms. The summed E-state index contributed by atoms with van der Waals surface area (Å²) >= 11 is 0. The Balaban J connectivity index is 1.73. The standard InChI is InChI=1S/C19H27N3O5/c1-12-15(19(25)26-3)13(2)20-16(12)18(24)22-6-4-5-14(11-22)17(23)21-7-9-27-10-8-21/h14,20H,4-11H2,1-3H3/t14-/m0/s1. The zero-order chi connectivity index (χ0) is 19.6. The highest BCUT2D eigenvalue weighted by Crippen LogP contribution is 2.24. The van der Waals surface area contributed by atoms with E-state index in [9.17, 15) is 14.4 Å². The zero-order valence-electron chi connectivity index (χ0n) is 16.2. The third-order valence-corrected chi connectivity index (χ3v) is 5.42. The summed E-state index contributed by atoms with van der Waals surface area (Å²) in [5.74, 6) is -0.716. The van der Waals surface area contributed by atoms with Crippen molar-refractivity contribution >= 4 is 17.8 Å². The van der Waals surface area contributed by atoms with Gasteiger partial charge in [0.2, 0.25) is 5.91 Å². The van der Waals surface area contributed by atoms with Crippen LogP contribution < -0.4 is 0 Å². The second-order valence-corrected chi connectivity index (χ2v) is 7.14. The Kier molecular flexibility index (Phi) is 5.84. The van der Waals surface area contributed by atoms with Crippen molar-refractivity contribution in [2.45, 2.75) is 26.7 Å². The number of aromatic amines is 1. The molecule has 2 fully saturated rings. The summed E-state index contributed by atoms with van der Waals surface area (Å²) < 4.78 is 10.1. The lowest BCUT2D eigenvalue weighted by Crippen LogP contribution is -2.49. The summed E-state index contributed by atoms with van der Waals surface area (Å²) in [5, 5.41) is 0. The molecule has 0 aliphatic carbocycles. The maximum Gasteiger partial charge on any atom is 0.339 e. The molecular formula is C19H27N3O5. The molecule has 148 valence electrons. The molecule has 1 aromatic rings. The molecular weight excluding hydrogens is 350 g/mol. The van der Waals surface area contributed by atoms with E-state index >= 15 is 0 Å². The number of hydrogen-bond acceptors (Lipinski definition) is 5. The van der Waals surface area contributed by atoms with Crippen molar-refractivity contribution in [2.75, 3.05) is 46.5 Å². The Morgan fingerprint density at radius 2 is 1.81 bits per heavy atom. The fraction of sp³-hybridized carbons (Fsp3) is 0.632. The van der Waals surface area contributed by atoms with Gasteiger partial charge in [-0.25, -0.2) is 4.79 Å². The second kappa shape index (κ2) is 8.12. The fourth-order valence-electron chi connectivity index (χ4n) is 3.94. The lowest BCUT2D eigenvalue weighted by Gasteiger charge is -2.36. The van der Waals surface area contributed by atoms with Crippen LogP contribution in [0.1, 0.15) is 44.9 Å². The summed E-state index contributed by atoms with van der Waals surface area (Å²) in [4.78, 5) is 44.3. The molecule has 0 spiro atoms. The number of ether oxygens (including phenoxy) is 2. The molecule has 1 aromatic heterocycles. The fourth-order valence-corrected chi connectivity index (χ4v) is 3.94. The molecule has 0 unspecified atom stereocenters. The van der Waals surface area contributed by atoms with Gasteiger partial charge in [-0.2, -0.15) is 0 Å². The number of morpholine rings is 1. The smallest absolute Gasteiger partial charge is 0.339 e. The number of nitrogens with zero attached hydrogens (tertiary/aromatic N) is 2. The lowest BCUT2D eigenvalue weighted by molar-refractivity contribution is -0.141. The highest BCUT2D eigenvalue weighted by atomic mass is 16.5. The maximum atomic E-state index is 13.0. The third kappa shape index (κ3) is 3.85. The van der Waals surface area contributed by atoms with Crippen molar-refractivity contribution in [3.8, 4) is 0 Å². The first-order valence-electron chi connectivity index (χ1n) is 9.37. The van der Waals surface area contributed by atoms with E-state index in [2.05, 4.69) is 4.98 Å². The van der Waals surface area contributed by atoms with E-state index in [4.69, 9.17) is 9.47 Å². The Bertz CT molecular complexity index is 736. The lowest BCUT2D eigenvalue weighted by atomic mass is 9.95. The first-order valence-corrected chi connectivity index (χ1v) is 9.37. The van der Waals surface area contributed by atoms with Crippen molar-refractivity contribution in [3.05, 3.63) is 22.5 Å². The Morgan fingerprint density at radius 1 is 1.11 bits per heavy atom. The Hall–Kier alpha value is -2.35. The number of piperidine rings is 1. The first kappa shape index (κ1) is 19.4. The quantitative estimate of drug-likeness (QED) is 0.798. The molecule has 1 N–H and O–H groups in total. The van der Waals surface area contributed by atoms with Crippen LogP contribution in [0.25, 0.3) is 0 Å². The summed E-state index contributed by atoms with van der Waals surface area (Å²) in [6, 6.07) is 0. The number of methoxy groups -OCH3 is 1. The van der Waals surface area contributed by atoms with Crippen molar-refractivity contribution in [2.24, 2.45) is 5.92 Å². The van der Waals surface area contributed by atoms with Gasteiger partial charge in [-0.15, -0.1) is 0 Å². The van der Waals surface area contributed by atoms with Crippen LogP contribution in [0.4, 0.5) is 0 Å². The highest BCUT2D eigenvalue weighted by Gasteiger charge is 2.33. The van der Waals surface area contributed by atoms with Crippen LogP contribution in [0, 0.1) is 19.8 Å². The average Bonchev–Trinajstić information content (AvgIpc) is 3.01. The van der Waals surface area contributed by atoms with Gasteiger partial charge >= 0.3 is 5.97 Å². The topological polar surface area (TPSA) is 91.9 Å². The molecule has 8 heteroatoms. The van der Waals surface area contributed by atoms with E-state index in [0.717, 1.165) is 12.8 Å². The first-order chi connectivity index (χ1) is 12.9. The number of H-pyrrole nitrogens is 1. The second-order valence-electron chi connectivity index (χ2n) is 7.14. The van der Waals surface area contributed by atoms with Gasteiger partial charge in [0.05, 0.1) is 31.8 Å². The number of carbonyl (C=O) groups is 3. The summed E-state index contributed by atoms with van der Waals surface area (Å²) in [5.41, 5.74) is 2.00. The molecule has 2 aliphatic rings. The maximum absolute atomic E-state index is 13.0. The number of rotatable bonds is 3. The molecule has 3 heterocycles. The monoisotopic (exact) mass is 377 g/mol. The van der Waals surface area contributed by atoms with Gasteiger partial charge in [-0.05, 0) is 32.3 Å². The predicted octanol–water partition coefficient (Wildman–Crippen LogP) is 1.13. The zero-order valence-corrected chi connectivity index (χ0v) is 16.2. The van der Waals surface area contributed by atoms with Crippen molar-refractivity contribution in [1.29, 1.82) is 0 Å². The van der Waals surface area contributed by atoms with E-state index < -0.39 is 5.97 Å². The van der Waals surface area contributed by atoms with Crippen LogP contribution in [-0.4, -0.2) is 79.1 Å². The van der Waals surface area contributed by atoms with E-state index in [1.807, 2.05) is 4.90 Å². The van der Waals surface area contributed by atoms with E-state index in [1.165, 1.54) is 7.11 Å². The Morgan fingerprint density at radius 3 is 2.48 bits per heavy atom. The average molecular weight is 377 g/mol. The SMILES string of the molecule is COC(=O)c1c(C)[nH]c(C(=O)N2CCC[C@H](C(=O)N3CCOCC3)C2)c1C. The number of likely N-dealkylation sites (tertiary alicyclic amines) is 1. The van der Waals surface area contributed by atoms with E-state index in [1.54, 1.807) is 18.7 Å². The normalized spacial score (nSPS) is 20.5. The number of hydrogen-bond donors (Lipinski definition) is 1. The number of aryl methyl sites for hydroxylation is 1. The minimum atomic E-state index is -0.459. The van der Waals surface area contributed by atoms with Gasteiger partial charge in [0.15, 0.2) is 0 Å². The summed E-state index contributed by atoms with van der Waals surface area (Å²) in [7, 11) is 1.32. The van der Waals surface area contributed by atoms with Crippen molar-refractivity contribution in [3.63, 3.8) is 0 Å². The molecule has 0 saturated carbocycles. The number of aromatic nitrogens is 1. The minimum absolute atomic E-state index is 0.102.